The van der Waals surface area contributed by atoms with E-state index in [4.69, 9.17) is 53.8 Å². The van der Waals surface area contributed by atoms with Gasteiger partial charge in [0.15, 0.2) is 11.6 Å². The molecule has 2 fully saturated rings. The SMILES string of the molecule is C.C.CCOC(=O)[C@H](C)NP(=O)(OC[C@@]1(C#N)O[C@@H](c2ccc3c(N)ncnn23)[C@H](O)[C@@H]1O)Oc1ccccc1.CCOC(=O)[C@H](C)NP(=O)(Oc1ccccc1)Oc1ccc([N+](=O)[O-])cc1.C[C-](C)C.N#C[C@]1(CO)O[C@@H](c2ccc3c(N)ncnn23)[C@H](O)[C@@H]1O.[Cl-].[Mg+2]. The van der Waals surface area contributed by atoms with Gasteiger partial charge in [0.05, 0.1) is 36.1 Å². The molecule has 0 amide bonds. The van der Waals surface area contributed by atoms with E-state index in [9.17, 15) is 59.6 Å². The second-order valence-corrected chi connectivity index (χ2v) is 23.4. The Morgan fingerprint density at radius 1 is 0.691 bits per heavy atom. The summed E-state index contributed by atoms with van der Waals surface area (Å²) in [5.74, 6) is 0.981. The zero-order chi connectivity index (χ0) is 66.1. The van der Waals surface area contributed by atoms with Crippen LogP contribution in [0.25, 0.3) is 11.0 Å². The molecule has 3 aromatic carbocycles. The normalized spacial score (nSPS) is 21.9. The molecule has 506 valence electrons. The van der Waals surface area contributed by atoms with Crippen molar-refractivity contribution in [1.29, 1.82) is 10.5 Å². The number of nitrogens with one attached hydrogen (secondary N) is 2. The molecule has 2 aliphatic heterocycles. The zero-order valence-corrected chi connectivity index (χ0v) is 54.6. The summed E-state index contributed by atoms with van der Waals surface area (Å²) in [4.78, 5) is 41.9. The number of hydrogen-bond donors (Lipinski definition) is 9. The Bertz CT molecular complexity index is 3740. The first-order valence-corrected chi connectivity index (χ1v) is 30.4. The van der Waals surface area contributed by atoms with Crippen LogP contribution in [-0.4, -0.2) is 169 Å². The smallest absolute Gasteiger partial charge is 1.00 e. The van der Waals surface area contributed by atoms with Gasteiger partial charge in [-0.3, -0.25) is 24.2 Å². The Labute approximate surface area is 564 Å². The van der Waals surface area contributed by atoms with Crippen LogP contribution in [0.2, 0.25) is 0 Å². The van der Waals surface area contributed by atoms with Gasteiger partial charge in [-0.2, -0.15) is 51.7 Å². The quantitative estimate of drug-likeness (QED) is 0.0125. The molecular weight excluding hydrogens is 1300 g/mol. The Hall–Kier alpha value is -7.66. The first-order valence-electron chi connectivity index (χ1n) is 27.3. The molecule has 2 aliphatic rings. The van der Waals surface area contributed by atoms with Gasteiger partial charge in [-0.05, 0) is 88.4 Å². The number of rotatable bonds is 21. The van der Waals surface area contributed by atoms with Gasteiger partial charge in [-0.15, -0.1) is 0 Å². The van der Waals surface area contributed by atoms with Crippen molar-refractivity contribution in [2.45, 2.75) is 123 Å². The van der Waals surface area contributed by atoms with Crippen LogP contribution in [0.15, 0.2) is 122 Å². The number of nitro groups is 1. The first-order chi connectivity index (χ1) is 42.7. The van der Waals surface area contributed by atoms with E-state index in [0.717, 1.165) is 0 Å². The van der Waals surface area contributed by atoms with Gasteiger partial charge in [0.2, 0.25) is 11.2 Å². The average molecular weight is 1380 g/mol. The second kappa shape index (κ2) is 36.9. The summed E-state index contributed by atoms with van der Waals surface area (Å²) < 4.78 is 72.8. The third-order valence-electron chi connectivity index (χ3n) is 12.8. The molecule has 32 nitrogen and oxygen atoms in total. The number of benzene rings is 3. The second-order valence-electron chi connectivity index (χ2n) is 20.1. The summed E-state index contributed by atoms with van der Waals surface area (Å²) in [5, 5.41) is 94.1. The number of aromatic nitrogens is 6. The van der Waals surface area contributed by atoms with Crippen LogP contribution in [0.4, 0.5) is 17.3 Å². The molecule has 4 aromatic heterocycles. The number of nitro benzene ring substituents is 1. The van der Waals surface area contributed by atoms with Crippen LogP contribution >= 0.6 is 15.5 Å². The number of nitrogens with two attached hydrogens (primary N) is 2. The van der Waals surface area contributed by atoms with Crippen LogP contribution in [-0.2, 0) is 42.2 Å². The Balaban J connectivity index is 0.000000475. The van der Waals surface area contributed by atoms with Crippen LogP contribution in [0.5, 0.6) is 17.2 Å². The molecule has 94 heavy (non-hydrogen) atoms. The minimum atomic E-state index is -4.37. The monoisotopic (exact) mass is 1380 g/mol. The van der Waals surface area contributed by atoms with Gasteiger partial charge in [0.1, 0.15) is 108 Å². The van der Waals surface area contributed by atoms with Crippen molar-refractivity contribution < 1.29 is 98.6 Å². The number of aliphatic hydroxyl groups excluding tert-OH is 5. The van der Waals surface area contributed by atoms with E-state index in [1.165, 1.54) is 77.8 Å². The summed E-state index contributed by atoms with van der Waals surface area (Å²) in [7, 11) is -8.43. The molecule has 9 rings (SSSR count). The maximum absolute atomic E-state index is 13.7. The Morgan fingerprint density at radius 3 is 1.44 bits per heavy atom. The zero-order valence-electron chi connectivity index (χ0n) is 50.6. The molecule has 7 aromatic rings. The molecule has 0 bridgehead atoms. The van der Waals surface area contributed by atoms with Crippen molar-refractivity contribution >= 4 is 78.8 Å². The van der Waals surface area contributed by atoms with E-state index in [0.29, 0.717) is 16.7 Å². The topological polar surface area (TPSA) is 470 Å². The minimum absolute atomic E-state index is 0. The number of fused-ring (bicyclic) bond motifs is 2. The number of aliphatic hydroxyl groups is 5. The van der Waals surface area contributed by atoms with E-state index in [1.807, 2.05) is 6.07 Å². The fraction of sp³-hybridized carbons (Fsp3) is 0.397. The Morgan fingerprint density at radius 2 is 1.06 bits per heavy atom. The average Bonchev–Trinajstić information content (AvgIpc) is 1.61. The predicted octanol–water partition coefficient (Wildman–Crippen LogP) is 2.69. The molecule has 6 heterocycles. The Kier molecular flexibility index (Phi) is 32.3. The van der Waals surface area contributed by atoms with Crippen LogP contribution in [0.3, 0.4) is 0 Å². The van der Waals surface area contributed by atoms with Crippen molar-refractivity contribution in [2.75, 3.05) is 37.9 Å². The third kappa shape index (κ3) is 20.4. The largest absolute Gasteiger partial charge is 2.00 e. The summed E-state index contributed by atoms with van der Waals surface area (Å²) in [5.41, 5.74) is 9.03. The van der Waals surface area contributed by atoms with Crippen molar-refractivity contribution in [1.82, 2.24) is 39.4 Å². The molecule has 0 spiro atoms. The number of halogens is 1. The number of ether oxygens (including phenoxy) is 4. The molecule has 11 N–H and O–H groups in total. The maximum Gasteiger partial charge on any atom is 2.00 e. The van der Waals surface area contributed by atoms with Crippen LogP contribution in [0, 0.1) is 38.7 Å². The number of esters is 2. The third-order valence-corrected chi connectivity index (χ3v) is 16.0. The number of hydrogen-bond acceptors (Lipinski definition) is 27. The fourth-order valence-corrected chi connectivity index (χ4v) is 11.5. The number of carbonyl (C=O) groups is 2. The van der Waals surface area contributed by atoms with Crippen LogP contribution in [0.1, 0.15) is 86.9 Å². The standard InChI is InChI=1S/C23H27N6O8P.C17H19N2O7P.C12H13N5O4.C4H9.2CH4.ClH.Mg/c1-3-34-22(32)14(2)28-38(33,37-15-7-5-4-6-8-15)35-12-23(11-24)20(31)18(30)19(36-23)16-9-10-17-21(25)26-13-27-29(16)17;1-3-24-17(20)13(2)18-27(23,25-15-7-5-4-6-8-15)26-16-11-9-14(10-12-16)19(21)22;13-3-12(4-18)10(20)8(19)9(21-12)6-1-2-7-11(14)15-5-16-17(6)7;1-4(2)3;;;;/h4-10,13-14,18-20,30-31H,3,12H2,1-2H3,(H,28,33)(H2,25,26,27);4-13H,3H2,1-2H3,(H,18,23);1-2,5,8-10,18-20H,4H2,(H2,14,15,16);1-3H3;2*1H4;1H;/q;;;-1;;;;+2/p-1/t14-,18-,19-,20-,23+,38?;13-,27?;8-,9-,10-,12+;;;;;/m000...../s1. The molecular formula is C58H76ClMgN13O19P2. The maximum atomic E-state index is 13.7. The van der Waals surface area contributed by atoms with E-state index in [1.54, 1.807) is 92.7 Å². The number of non-ortho nitro benzene ring substituents is 1. The number of nitrogens with zero attached hydrogens (tertiary/aromatic N) is 9. The van der Waals surface area contributed by atoms with Gasteiger partial charge in [-0.25, -0.2) is 28.1 Å². The van der Waals surface area contributed by atoms with E-state index >= 15 is 0 Å². The molecule has 2 saturated heterocycles. The van der Waals surface area contributed by atoms with Crippen molar-refractivity contribution in [3.8, 4) is 29.4 Å². The number of nitrogen functional groups attached to an aromatic ring is 2. The number of anilines is 2. The summed E-state index contributed by atoms with van der Waals surface area (Å²) in [6, 6.07) is 29.1. The van der Waals surface area contributed by atoms with Crippen LogP contribution < -0.4 is 47.6 Å². The number of nitriles is 2. The van der Waals surface area contributed by atoms with Gasteiger partial charge in [-0.1, -0.05) is 51.3 Å². The molecule has 36 heteroatoms. The van der Waals surface area contributed by atoms with Crippen molar-refractivity contribution in [3.63, 3.8) is 0 Å². The molecule has 0 radical (unpaired) electrons. The van der Waals surface area contributed by atoms with Gasteiger partial charge >= 0.3 is 50.5 Å². The van der Waals surface area contributed by atoms with Gasteiger partial charge in [0.25, 0.3) is 5.69 Å². The molecule has 2 unspecified atom stereocenters. The van der Waals surface area contributed by atoms with Crippen molar-refractivity contribution in [3.05, 3.63) is 149 Å². The summed E-state index contributed by atoms with van der Waals surface area (Å²) in [6.07, 6.45) is -6.10. The molecule has 0 saturated carbocycles. The molecule has 0 aliphatic carbocycles. The predicted molar refractivity (Wildman–Crippen MR) is 337 cm³/mol. The van der Waals surface area contributed by atoms with E-state index in [2.05, 4.69) is 51.1 Å². The van der Waals surface area contributed by atoms with E-state index < -0.39 is 105 Å². The number of carbonyl (C=O) groups excluding carboxylic acids is 2. The van der Waals surface area contributed by atoms with Gasteiger partial charge in [0, 0.05) is 12.1 Å². The van der Waals surface area contributed by atoms with E-state index in [-0.39, 0.29) is 104 Å². The fourth-order valence-electron chi connectivity index (χ4n) is 8.43. The number of para-hydroxylation sites is 2. The summed E-state index contributed by atoms with van der Waals surface area (Å²) >= 11 is 0. The summed E-state index contributed by atoms with van der Waals surface area (Å²) in [6.45, 7) is 11.1. The minimum Gasteiger partial charge on any atom is -1.00 e. The van der Waals surface area contributed by atoms with Crippen molar-refractivity contribution in [2.24, 2.45) is 0 Å². The van der Waals surface area contributed by atoms with Gasteiger partial charge < -0.3 is 87.8 Å². The molecule has 12 atom stereocenters. The first kappa shape index (κ1) is 82.4.